The minimum Gasteiger partial charge on any atom is -0.457 e. The number of ketones is 1. The van der Waals surface area contributed by atoms with Crippen LogP contribution in [0.25, 0.3) is 5.53 Å². The smallest absolute Gasteiger partial charge is 0.441 e. The van der Waals surface area contributed by atoms with Gasteiger partial charge in [0.25, 0.3) is 5.78 Å². The molecular formula is C15H25N3O7. The zero-order valence-corrected chi connectivity index (χ0v) is 14.8. The summed E-state index contributed by atoms with van der Waals surface area (Å²) in [6.07, 6.45) is -0.436. The molecule has 1 fully saturated rings. The molecule has 1 aliphatic rings. The number of methoxy groups -OCH3 is 2. The van der Waals surface area contributed by atoms with Crippen LogP contribution in [0.15, 0.2) is 0 Å². The fourth-order valence-corrected chi connectivity index (χ4v) is 2.42. The summed E-state index contributed by atoms with van der Waals surface area (Å²) in [6, 6.07) is 0. The molecule has 0 aliphatic carbocycles. The van der Waals surface area contributed by atoms with Crippen molar-refractivity contribution in [3.63, 3.8) is 0 Å². The number of hydrogen-bond acceptors (Lipinski definition) is 8. The summed E-state index contributed by atoms with van der Waals surface area (Å²) in [5.74, 6) is -1.52. The van der Waals surface area contributed by atoms with E-state index in [1.54, 1.807) is 6.92 Å². The quantitative estimate of drug-likeness (QED) is 0.114. The number of carbonyl (C=O) groups is 2. The molecule has 0 unspecified atom stereocenters. The topological polar surface area (TPSA) is 120 Å². The molecular weight excluding hydrogens is 334 g/mol. The first-order valence-corrected chi connectivity index (χ1v) is 7.93. The predicted octanol–water partition coefficient (Wildman–Crippen LogP) is -0.527. The Labute approximate surface area is 146 Å². The Balaban J connectivity index is 2.54. The molecule has 25 heavy (non-hydrogen) atoms. The third kappa shape index (κ3) is 6.99. The van der Waals surface area contributed by atoms with Crippen LogP contribution in [0.1, 0.15) is 13.3 Å². The summed E-state index contributed by atoms with van der Waals surface area (Å²) >= 11 is 0. The Morgan fingerprint density at radius 3 is 2.12 bits per heavy atom. The fourth-order valence-electron chi connectivity index (χ4n) is 2.42. The minimum atomic E-state index is -0.931. The summed E-state index contributed by atoms with van der Waals surface area (Å²) < 4.78 is 25.6. The number of esters is 1. The Bertz CT molecular complexity index is 478. The van der Waals surface area contributed by atoms with E-state index in [0.29, 0.717) is 19.6 Å². The van der Waals surface area contributed by atoms with Gasteiger partial charge in [0.15, 0.2) is 0 Å². The second kappa shape index (κ2) is 11.8. The van der Waals surface area contributed by atoms with E-state index >= 15 is 0 Å². The maximum atomic E-state index is 12.0. The highest BCUT2D eigenvalue weighted by Crippen LogP contribution is 2.17. The Morgan fingerprint density at radius 2 is 1.68 bits per heavy atom. The van der Waals surface area contributed by atoms with Crippen molar-refractivity contribution in [3.8, 4) is 0 Å². The highest BCUT2D eigenvalue weighted by atomic mass is 16.7. The van der Waals surface area contributed by atoms with Crippen LogP contribution in [0.2, 0.25) is 0 Å². The number of ether oxygens (including phenoxy) is 5. The number of carbonyl (C=O) groups excluding carboxylic acids is 2. The molecule has 0 bridgehead atoms. The Morgan fingerprint density at radius 1 is 1.12 bits per heavy atom. The first kappa shape index (κ1) is 21.4. The van der Waals surface area contributed by atoms with Crippen molar-refractivity contribution >= 4 is 17.5 Å². The van der Waals surface area contributed by atoms with Crippen LogP contribution in [-0.4, -0.2) is 93.4 Å². The van der Waals surface area contributed by atoms with Gasteiger partial charge in [0.2, 0.25) is 0 Å². The van der Waals surface area contributed by atoms with Crippen LogP contribution in [0.5, 0.6) is 0 Å². The second-order valence-electron chi connectivity index (χ2n) is 5.33. The fraction of sp³-hybridized carbons (Fsp3) is 0.800. The maximum absolute atomic E-state index is 12.0. The van der Waals surface area contributed by atoms with E-state index in [-0.39, 0.29) is 38.8 Å². The molecule has 0 radical (unpaired) electrons. The van der Waals surface area contributed by atoms with Gasteiger partial charge in [0.1, 0.15) is 25.8 Å². The van der Waals surface area contributed by atoms with Crippen molar-refractivity contribution in [3.05, 3.63) is 5.53 Å². The standard InChI is InChI=1S/C15H25N3O7/c1-4-23-15(20)14(17-16)11(19)5-6-18-7-12(24-9-21-2)13(8-18)25-10-22-3/h12-13H,4-10H2,1-3H3/t12-,13-/m0/s1. The van der Waals surface area contributed by atoms with Gasteiger partial charge in [-0.15, -0.1) is 0 Å². The summed E-state index contributed by atoms with van der Waals surface area (Å²) in [5.41, 5.74) is 8.25. The molecule has 1 saturated heterocycles. The van der Waals surface area contributed by atoms with Gasteiger partial charge in [-0.3, -0.25) is 9.69 Å². The molecule has 2 atom stereocenters. The van der Waals surface area contributed by atoms with Crippen LogP contribution in [0.4, 0.5) is 0 Å². The molecule has 0 N–H and O–H groups in total. The van der Waals surface area contributed by atoms with E-state index in [4.69, 9.17) is 24.5 Å². The molecule has 0 aromatic rings. The van der Waals surface area contributed by atoms with Crippen molar-refractivity contribution in [2.75, 3.05) is 54.0 Å². The largest absolute Gasteiger partial charge is 0.457 e. The SMILES string of the molecule is CCOC(=O)C(=[N+]=[N-])C(=O)CCN1C[C@H](OCOC)[C@@H](OCOC)C1. The number of rotatable bonds is 12. The molecule has 1 rings (SSSR count). The van der Waals surface area contributed by atoms with Crippen molar-refractivity contribution in [1.82, 2.24) is 4.90 Å². The zero-order valence-electron chi connectivity index (χ0n) is 14.8. The van der Waals surface area contributed by atoms with E-state index in [9.17, 15) is 9.59 Å². The van der Waals surface area contributed by atoms with Gasteiger partial charge < -0.3 is 29.2 Å². The van der Waals surface area contributed by atoms with Gasteiger partial charge >= 0.3 is 11.7 Å². The Hall–Kier alpha value is -1.68. The first-order chi connectivity index (χ1) is 12.1. The van der Waals surface area contributed by atoms with Gasteiger partial charge in [-0.25, -0.2) is 4.79 Å². The van der Waals surface area contributed by atoms with Gasteiger partial charge in [0.05, 0.1) is 6.61 Å². The van der Waals surface area contributed by atoms with Crippen LogP contribution in [0, 0.1) is 0 Å². The Kier molecular flexibility index (Phi) is 10.1. The van der Waals surface area contributed by atoms with Crippen molar-refractivity contribution in [2.24, 2.45) is 0 Å². The first-order valence-electron chi connectivity index (χ1n) is 7.93. The number of nitrogens with zero attached hydrogens (tertiary/aromatic N) is 3. The van der Waals surface area contributed by atoms with Gasteiger partial charge in [0, 0.05) is 40.3 Å². The van der Waals surface area contributed by atoms with Gasteiger partial charge in [-0.1, -0.05) is 0 Å². The molecule has 10 nitrogen and oxygen atoms in total. The minimum absolute atomic E-state index is 0.00615. The summed E-state index contributed by atoms with van der Waals surface area (Å²) in [4.78, 5) is 28.3. The molecule has 10 heteroatoms. The van der Waals surface area contributed by atoms with E-state index in [1.807, 2.05) is 4.90 Å². The monoisotopic (exact) mass is 359 g/mol. The lowest BCUT2D eigenvalue weighted by Crippen LogP contribution is -2.32. The highest BCUT2D eigenvalue weighted by molar-refractivity contribution is 6.62. The zero-order chi connectivity index (χ0) is 18.7. The lowest BCUT2D eigenvalue weighted by atomic mass is 10.2. The lowest BCUT2D eigenvalue weighted by Gasteiger charge is -2.18. The van der Waals surface area contributed by atoms with Crippen molar-refractivity contribution < 1.29 is 38.1 Å². The summed E-state index contributed by atoms with van der Waals surface area (Å²) in [6.45, 7) is 3.39. The van der Waals surface area contributed by atoms with E-state index in [1.165, 1.54) is 14.2 Å². The number of hydrogen-bond donors (Lipinski definition) is 0. The van der Waals surface area contributed by atoms with Crippen LogP contribution < -0.4 is 0 Å². The molecule has 142 valence electrons. The summed E-state index contributed by atoms with van der Waals surface area (Å²) in [5, 5.41) is 0. The van der Waals surface area contributed by atoms with E-state index in [2.05, 4.69) is 9.53 Å². The van der Waals surface area contributed by atoms with Crippen molar-refractivity contribution in [2.45, 2.75) is 25.6 Å². The molecule has 0 amide bonds. The van der Waals surface area contributed by atoms with Crippen LogP contribution >= 0.6 is 0 Å². The van der Waals surface area contributed by atoms with Gasteiger partial charge in [-0.05, 0) is 6.92 Å². The molecule has 0 spiro atoms. The average molecular weight is 359 g/mol. The van der Waals surface area contributed by atoms with Gasteiger partial charge in [-0.2, -0.15) is 4.79 Å². The third-order valence-corrected chi connectivity index (χ3v) is 3.58. The molecule has 1 heterocycles. The third-order valence-electron chi connectivity index (χ3n) is 3.58. The highest BCUT2D eigenvalue weighted by Gasteiger charge is 2.36. The number of Topliss-reactive ketones (excluding diaryl/α,β-unsaturated/α-hetero) is 1. The maximum Gasteiger partial charge on any atom is 0.441 e. The number of likely N-dealkylation sites (tertiary alicyclic amines) is 1. The van der Waals surface area contributed by atoms with Crippen LogP contribution in [0.3, 0.4) is 0 Å². The molecule has 0 aromatic carbocycles. The average Bonchev–Trinajstić information content (AvgIpc) is 2.99. The van der Waals surface area contributed by atoms with Crippen molar-refractivity contribution in [1.29, 1.82) is 0 Å². The van der Waals surface area contributed by atoms with E-state index < -0.39 is 17.5 Å². The molecule has 0 saturated carbocycles. The molecule has 0 aromatic heterocycles. The van der Waals surface area contributed by atoms with E-state index in [0.717, 1.165) is 0 Å². The predicted molar refractivity (Wildman–Crippen MR) is 84.8 cm³/mol. The summed E-state index contributed by atoms with van der Waals surface area (Å²) in [7, 11) is 3.06. The normalized spacial score (nSPS) is 20.3. The second-order valence-corrected chi connectivity index (χ2v) is 5.33. The molecule has 1 aliphatic heterocycles. The lowest BCUT2D eigenvalue weighted by molar-refractivity contribution is -0.141. The van der Waals surface area contributed by atoms with Crippen LogP contribution in [-0.2, 0) is 33.3 Å².